The lowest BCUT2D eigenvalue weighted by Gasteiger charge is -2.67. The van der Waals surface area contributed by atoms with Crippen LogP contribution >= 0.6 is 0 Å². The highest BCUT2D eigenvalue weighted by Crippen LogP contribution is 2.72. The van der Waals surface area contributed by atoms with E-state index in [1.165, 1.54) is 7.11 Å². The van der Waals surface area contributed by atoms with Crippen molar-refractivity contribution in [3.8, 4) is 0 Å². The van der Waals surface area contributed by atoms with Crippen LogP contribution in [0.15, 0.2) is 11.6 Å². The number of hydrogen-bond acceptors (Lipinski definition) is 4. The third-order valence-corrected chi connectivity index (χ3v) is 12.6. The molecule has 0 N–H and O–H groups in total. The molecule has 4 aliphatic rings. The second kappa shape index (κ2) is 8.80. The van der Waals surface area contributed by atoms with Gasteiger partial charge in [-0.2, -0.15) is 0 Å². The minimum atomic E-state index is -0.858. The van der Waals surface area contributed by atoms with Gasteiger partial charge in [0.05, 0.1) is 17.9 Å². The Labute approximate surface area is 219 Å². The van der Waals surface area contributed by atoms with E-state index < -0.39 is 10.8 Å². The van der Waals surface area contributed by atoms with Gasteiger partial charge in [-0.05, 0) is 112 Å². The molecule has 0 amide bonds. The van der Waals surface area contributed by atoms with E-state index in [9.17, 15) is 14.4 Å². The normalized spacial score (nSPS) is 46.9. The maximum Gasteiger partial charge on any atom is 0.311 e. The zero-order valence-electron chi connectivity index (χ0n) is 24.2. The van der Waals surface area contributed by atoms with Crippen LogP contribution in [0.1, 0.15) is 119 Å². The minimum Gasteiger partial charge on any atom is -0.469 e. The molecule has 36 heavy (non-hydrogen) atoms. The monoisotopic (exact) mass is 498 g/mol. The molecule has 0 bridgehead atoms. The van der Waals surface area contributed by atoms with Gasteiger partial charge in [0, 0.05) is 6.42 Å². The first-order valence-electron chi connectivity index (χ1n) is 14.4. The highest BCUT2D eigenvalue weighted by atomic mass is 16.5. The maximum absolute atomic E-state index is 13.1. The number of Topliss-reactive ketones (excluding diaryl/α,β-unsaturated/α-hetero) is 1. The molecular weight excluding hydrogens is 448 g/mol. The van der Waals surface area contributed by atoms with E-state index in [2.05, 4.69) is 47.6 Å². The topological polar surface area (TPSA) is 60.4 Å². The summed E-state index contributed by atoms with van der Waals surface area (Å²) < 4.78 is 5.34. The Bertz CT molecular complexity index is 963. The van der Waals surface area contributed by atoms with Gasteiger partial charge in [0.2, 0.25) is 0 Å². The van der Waals surface area contributed by atoms with Crippen LogP contribution in [0.25, 0.3) is 0 Å². The molecule has 0 aliphatic heterocycles. The van der Waals surface area contributed by atoms with E-state index in [4.69, 9.17) is 4.74 Å². The summed E-state index contributed by atoms with van der Waals surface area (Å²) in [7, 11) is 1.53. The molecule has 0 aromatic heterocycles. The number of carbonyl (C=O) groups excluding carboxylic acids is 3. The maximum atomic E-state index is 13.1. The predicted octanol–water partition coefficient (Wildman–Crippen LogP) is 7.49. The van der Waals surface area contributed by atoms with Gasteiger partial charge in [-0.25, -0.2) is 0 Å². The van der Waals surface area contributed by atoms with Crippen LogP contribution in [0.2, 0.25) is 0 Å². The number of ketones is 1. The molecule has 202 valence electrons. The zero-order chi connectivity index (χ0) is 26.8. The van der Waals surface area contributed by atoms with Crippen LogP contribution in [0.5, 0.6) is 0 Å². The SMILES string of the molecule is COC(=O)[C@@]1(C)CCC(C)(C)CCC2=CC[C@@H]3[C@@]4(C)CCC(=O)[C@@](C)(C=O)[C@@H]4CC[C@@]3(C)[C@]2(C)CC1. The summed E-state index contributed by atoms with van der Waals surface area (Å²) in [6, 6.07) is 0. The zero-order valence-corrected chi connectivity index (χ0v) is 24.2. The van der Waals surface area contributed by atoms with Crippen molar-refractivity contribution in [1.29, 1.82) is 0 Å². The van der Waals surface area contributed by atoms with Crippen LogP contribution < -0.4 is 0 Å². The molecule has 0 spiro atoms. The van der Waals surface area contributed by atoms with E-state index in [-0.39, 0.29) is 39.3 Å². The Morgan fingerprint density at radius 2 is 1.56 bits per heavy atom. The Morgan fingerprint density at radius 3 is 2.19 bits per heavy atom. The van der Waals surface area contributed by atoms with E-state index in [0.717, 1.165) is 70.5 Å². The van der Waals surface area contributed by atoms with Crippen molar-refractivity contribution in [2.45, 2.75) is 119 Å². The summed E-state index contributed by atoms with van der Waals surface area (Å²) >= 11 is 0. The standard InChI is InChI=1S/C32H50O4/c1-27(2)14-11-22-9-10-24-29(4)15-13-25(34)30(5,21-33)23(29)12-16-32(24,7)31(22,6)20-19-28(3,18-17-27)26(35)36-8/h9,21,23-24H,10-20H2,1-8H3/t23-,24-,28+,29+,30+,31-,32-/m1/s1. The number of fused-ring (bicyclic) bond motifs is 5. The van der Waals surface area contributed by atoms with Crippen molar-refractivity contribution in [2.24, 2.45) is 44.3 Å². The summed E-state index contributed by atoms with van der Waals surface area (Å²) in [4.78, 5) is 38.4. The average Bonchev–Trinajstić information content (AvgIpc) is 2.83. The highest BCUT2D eigenvalue weighted by molar-refractivity contribution is 5.99. The van der Waals surface area contributed by atoms with Gasteiger partial charge in [-0.1, -0.05) is 46.3 Å². The number of hydrogen-bond donors (Lipinski definition) is 0. The fourth-order valence-electron chi connectivity index (χ4n) is 9.43. The molecule has 4 rings (SSSR count). The Hall–Kier alpha value is -1.45. The fourth-order valence-corrected chi connectivity index (χ4v) is 9.43. The number of carbonyl (C=O) groups is 3. The Balaban J connectivity index is 1.79. The van der Waals surface area contributed by atoms with Crippen LogP contribution in [0, 0.1) is 44.3 Å². The molecule has 3 fully saturated rings. The van der Waals surface area contributed by atoms with Gasteiger partial charge < -0.3 is 9.53 Å². The lowest BCUT2D eigenvalue weighted by atomic mass is 9.36. The van der Waals surface area contributed by atoms with Crippen LogP contribution in [0.3, 0.4) is 0 Å². The van der Waals surface area contributed by atoms with E-state index in [0.29, 0.717) is 12.3 Å². The van der Waals surface area contributed by atoms with Crippen LogP contribution in [-0.4, -0.2) is 25.1 Å². The highest BCUT2D eigenvalue weighted by Gasteiger charge is 2.66. The van der Waals surface area contributed by atoms with Gasteiger partial charge in [-0.15, -0.1) is 0 Å². The number of aldehydes is 1. The second-order valence-corrected chi connectivity index (χ2v) is 14.9. The number of rotatable bonds is 2. The molecular formula is C32H50O4. The van der Waals surface area contributed by atoms with Gasteiger partial charge >= 0.3 is 5.97 Å². The van der Waals surface area contributed by atoms with Crippen molar-refractivity contribution >= 4 is 18.0 Å². The molecule has 0 radical (unpaired) electrons. The third-order valence-electron chi connectivity index (χ3n) is 12.6. The summed E-state index contributed by atoms with van der Waals surface area (Å²) in [6.45, 7) is 16.1. The lowest BCUT2D eigenvalue weighted by Crippen LogP contribution is -2.63. The molecule has 7 atom stereocenters. The molecule has 0 saturated heterocycles. The first-order chi connectivity index (χ1) is 16.6. The molecule has 0 unspecified atom stereocenters. The van der Waals surface area contributed by atoms with Gasteiger partial charge in [0.1, 0.15) is 12.1 Å². The van der Waals surface area contributed by atoms with Crippen molar-refractivity contribution in [1.82, 2.24) is 0 Å². The minimum absolute atomic E-state index is 0.0222. The molecule has 0 heterocycles. The predicted molar refractivity (Wildman–Crippen MR) is 143 cm³/mol. The molecule has 4 nitrogen and oxygen atoms in total. The van der Waals surface area contributed by atoms with Gasteiger partial charge in [0.15, 0.2) is 0 Å². The quantitative estimate of drug-likeness (QED) is 0.171. The Kier molecular flexibility index (Phi) is 6.74. The van der Waals surface area contributed by atoms with Gasteiger partial charge in [0.25, 0.3) is 0 Å². The molecule has 0 aromatic rings. The summed E-state index contributed by atoms with van der Waals surface area (Å²) in [5.41, 5.74) is 0.416. The van der Waals surface area contributed by atoms with Gasteiger partial charge in [-0.3, -0.25) is 9.59 Å². The summed E-state index contributed by atoms with van der Waals surface area (Å²) in [5.74, 6) is 0.592. The molecule has 4 heteroatoms. The number of methoxy groups -OCH3 is 1. The lowest BCUT2D eigenvalue weighted by molar-refractivity contribution is -0.179. The molecule has 4 aliphatic carbocycles. The molecule has 3 saturated carbocycles. The average molecular weight is 499 g/mol. The van der Waals surface area contributed by atoms with Crippen molar-refractivity contribution < 1.29 is 19.1 Å². The number of ether oxygens (including phenoxy) is 1. The Morgan fingerprint density at radius 1 is 0.889 bits per heavy atom. The third kappa shape index (κ3) is 3.87. The second-order valence-electron chi connectivity index (χ2n) is 14.9. The first kappa shape index (κ1) is 27.6. The smallest absolute Gasteiger partial charge is 0.311 e. The van der Waals surface area contributed by atoms with Crippen molar-refractivity contribution in [3.63, 3.8) is 0 Å². The first-order valence-corrected chi connectivity index (χ1v) is 14.4. The molecule has 0 aromatic carbocycles. The van der Waals surface area contributed by atoms with Crippen molar-refractivity contribution in [2.75, 3.05) is 7.11 Å². The van der Waals surface area contributed by atoms with E-state index in [1.54, 1.807) is 5.57 Å². The van der Waals surface area contributed by atoms with E-state index in [1.807, 2.05) is 6.92 Å². The summed E-state index contributed by atoms with van der Waals surface area (Å²) in [6.07, 6.45) is 13.8. The van der Waals surface area contributed by atoms with Crippen LogP contribution in [-0.2, 0) is 19.1 Å². The summed E-state index contributed by atoms with van der Waals surface area (Å²) in [5, 5.41) is 0. The van der Waals surface area contributed by atoms with E-state index >= 15 is 0 Å². The fraction of sp³-hybridized carbons (Fsp3) is 0.844. The van der Waals surface area contributed by atoms with Crippen molar-refractivity contribution in [3.05, 3.63) is 11.6 Å². The largest absolute Gasteiger partial charge is 0.469 e. The number of allylic oxidation sites excluding steroid dienone is 2. The van der Waals surface area contributed by atoms with Crippen LogP contribution in [0.4, 0.5) is 0 Å². The number of esters is 1.